The predicted molar refractivity (Wildman–Crippen MR) is 196 cm³/mol. The van der Waals surface area contributed by atoms with Crippen molar-refractivity contribution in [3.05, 3.63) is 144 Å². The Labute approximate surface area is 296 Å². The van der Waals surface area contributed by atoms with Crippen molar-refractivity contribution in [1.29, 1.82) is 0 Å². The van der Waals surface area contributed by atoms with Crippen LogP contribution in [0.15, 0.2) is 121 Å². The molecule has 0 radical (unpaired) electrons. The zero-order valence-electron chi connectivity index (χ0n) is 29.5. The molecule has 0 aromatic heterocycles. The number of hydrogen-bond donors (Lipinski definition) is 4. The van der Waals surface area contributed by atoms with E-state index in [9.17, 15) is 19.8 Å². The van der Waals surface area contributed by atoms with E-state index in [-0.39, 0.29) is 25.0 Å². The van der Waals surface area contributed by atoms with Crippen LogP contribution in [-0.4, -0.2) is 58.5 Å². The molecule has 0 spiro atoms. The molecule has 0 aliphatic heterocycles. The molecule has 6 atom stereocenters. The third-order valence-corrected chi connectivity index (χ3v) is 8.85. The van der Waals surface area contributed by atoms with Crippen LogP contribution in [0.1, 0.15) is 49.9 Å². The number of rotatable bonds is 19. The first-order valence-electron chi connectivity index (χ1n) is 17.5. The van der Waals surface area contributed by atoms with Gasteiger partial charge in [-0.3, -0.25) is 20.2 Å². The van der Waals surface area contributed by atoms with Gasteiger partial charge in [0.1, 0.15) is 25.3 Å². The van der Waals surface area contributed by atoms with Gasteiger partial charge in [0.25, 0.3) is 0 Å². The predicted octanol–water partition coefficient (Wildman–Crippen LogP) is 5.65. The van der Waals surface area contributed by atoms with E-state index in [2.05, 4.69) is 10.6 Å². The number of nitrogens with one attached hydrogen (secondary N) is 2. The van der Waals surface area contributed by atoms with Crippen molar-refractivity contribution < 1.29 is 29.3 Å². The lowest BCUT2D eigenvalue weighted by molar-refractivity contribution is -0.151. The monoisotopic (exact) mass is 680 g/mol. The van der Waals surface area contributed by atoms with E-state index in [0.717, 1.165) is 22.3 Å². The highest BCUT2D eigenvalue weighted by molar-refractivity contribution is 5.76. The molecule has 4 aromatic rings. The normalized spacial score (nSPS) is 15.1. The molecule has 4 rings (SSSR count). The van der Waals surface area contributed by atoms with Crippen LogP contribution in [0.3, 0.4) is 0 Å². The van der Waals surface area contributed by atoms with E-state index < -0.39 is 48.3 Å². The molecule has 0 bridgehead atoms. The third kappa shape index (κ3) is 11.9. The van der Waals surface area contributed by atoms with Gasteiger partial charge in [-0.1, -0.05) is 149 Å². The molecule has 4 aromatic carbocycles. The fourth-order valence-electron chi connectivity index (χ4n) is 5.93. The molecule has 0 heterocycles. The minimum absolute atomic E-state index is 0.124. The first-order chi connectivity index (χ1) is 24.1. The maximum absolute atomic E-state index is 13.5. The van der Waals surface area contributed by atoms with Crippen molar-refractivity contribution in [3.63, 3.8) is 0 Å². The van der Waals surface area contributed by atoms with E-state index in [1.807, 2.05) is 149 Å². The molecule has 4 N–H and O–H groups in total. The molecule has 2 unspecified atom stereocenters. The van der Waals surface area contributed by atoms with Gasteiger partial charge in [0, 0.05) is 12.1 Å². The molecule has 0 fully saturated rings. The fraction of sp³-hybridized carbons (Fsp3) is 0.381. The average molecular weight is 681 g/mol. The summed E-state index contributed by atoms with van der Waals surface area (Å²) in [7, 11) is 0. The van der Waals surface area contributed by atoms with Crippen LogP contribution in [0.25, 0.3) is 0 Å². The lowest BCUT2D eigenvalue weighted by atomic mass is 9.89. The highest BCUT2D eigenvalue weighted by Crippen LogP contribution is 2.19. The molecule has 0 saturated heterocycles. The maximum Gasteiger partial charge on any atom is 0.323 e. The van der Waals surface area contributed by atoms with E-state index in [1.165, 1.54) is 0 Å². The number of hydrogen-bond acceptors (Lipinski definition) is 8. The van der Waals surface area contributed by atoms with Crippen LogP contribution in [0.2, 0.25) is 0 Å². The quantitative estimate of drug-likeness (QED) is 0.0941. The number of aliphatic hydroxyl groups excluding tert-OH is 2. The maximum atomic E-state index is 13.5. The highest BCUT2D eigenvalue weighted by atomic mass is 16.5. The number of carbonyl (C=O) groups excluding carboxylic acids is 2. The van der Waals surface area contributed by atoms with Crippen molar-refractivity contribution in [2.24, 2.45) is 11.8 Å². The number of esters is 2. The Hall–Kier alpha value is -4.34. The molecular formula is C42H52N2O6. The molecule has 8 nitrogen and oxygen atoms in total. The molecule has 266 valence electrons. The summed E-state index contributed by atoms with van der Waals surface area (Å²) < 4.78 is 11.4. The molecule has 0 saturated carbocycles. The van der Waals surface area contributed by atoms with Crippen LogP contribution in [0, 0.1) is 11.8 Å². The summed E-state index contributed by atoms with van der Waals surface area (Å²) in [5.41, 5.74) is 3.59. The van der Waals surface area contributed by atoms with Gasteiger partial charge in [-0.05, 0) is 46.9 Å². The summed E-state index contributed by atoms with van der Waals surface area (Å²) in [4.78, 5) is 27.0. The van der Waals surface area contributed by atoms with E-state index >= 15 is 0 Å². The topological polar surface area (TPSA) is 117 Å². The molecule has 0 aliphatic rings. The first kappa shape index (κ1) is 38.5. The van der Waals surface area contributed by atoms with Crippen molar-refractivity contribution in [2.75, 3.05) is 0 Å². The summed E-state index contributed by atoms with van der Waals surface area (Å²) in [5.74, 6) is -1.24. The summed E-state index contributed by atoms with van der Waals surface area (Å²) in [6.07, 6.45) is -2.02. The van der Waals surface area contributed by atoms with Crippen LogP contribution >= 0.6 is 0 Å². The minimum Gasteiger partial charge on any atom is -0.460 e. The summed E-state index contributed by atoms with van der Waals surface area (Å²) in [5, 5.41) is 30.8. The van der Waals surface area contributed by atoms with Gasteiger partial charge in [0.05, 0.1) is 12.2 Å². The van der Waals surface area contributed by atoms with Crippen LogP contribution in [-0.2, 0) is 45.1 Å². The first-order valence-corrected chi connectivity index (χ1v) is 17.5. The minimum atomic E-state index is -1.34. The molecule has 0 amide bonds. The number of ether oxygens (including phenoxy) is 2. The van der Waals surface area contributed by atoms with Crippen LogP contribution in [0.4, 0.5) is 0 Å². The second kappa shape index (κ2) is 19.7. The van der Waals surface area contributed by atoms with Gasteiger partial charge in [0.15, 0.2) is 0 Å². The Balaban J connectivity index is 1.58. The largest absolute Gasteiger partial charge is 0.460 e. The lowest BCUT2D eigenvalue weighted by Gasteiger charge is -2.37. The smallest absolute Gasteiger partial charge is 0.323 e. The molecule has 8 heteroatoms. The Morgan fingerprint density at radius 2 is 0.780 bits per heavy atom. The van der Waals surface area contributed by atoms with Gasteiger partial charge in [-0.2, -0.15) is 0 Å². The van der Waals surface area contributed by atoms with Crippen molar-refractivity contribution in [2.45, 2.75) is 90.1 Å². The van der Waals surface area contributed by atoms with E-state index in [4.69, 9.17) is 9.47 Å². The molecule has 50 heavy (non-hydrogen) atoms. The standard InChI is InChI=1S/C42H52N2O6/c1-29(2)37(41(47)49-27-33-21-13-7-14-22-33)43-35(25-31-17-9-5-10-18-31)39(45)40(46)36(26-32-19-11-6-12-20-32)44-38(30(3)4)42(48)50-28-34-23-15-8-16-24-34/h5-24,29-30,35-40,43-46H,25-28H2,1-4H3/t35-,36-,37?,38?,39+,40+/m0/s1. The molecule has 0 aliphatic carbocycles. The van der Waals surface area contributed by atoms with Crippen molar-refractivity contribution in [3.8, 4) is 0 Å². The Morgan fingerprint density at radius 1 is 0.500 bits per heavy atom. The fourth-order valence-corrected chi connectivity index (χ4v) is 5.93. The van der Waals surface area contributed by atoms with Gasteiger partial charge < -0.3 is 19.7 Å². The van der Waals surface area contributed by atoms with Gasteiger partial charge >= 0.3 is 11.9 Å². The van der Waals surface area contributed by atoms with Gasteiger partial charge in [-0.25, -0.2) is 0 Å². The Kier molecular flexibility index (Phi) is 15.2. The summed E-state index contributed by atoms with van der Waals surface area (Å²) >= 11 is 0. The second-order valence-electron chi connectivity index (χ2n) is 13.5. The second-order valence-corrected chi connectivity index (χ2v) is 13.5. The summed E-state index contributed by atoms with van der Waals surface area (Å²) in [6, 6.07) is 35.2. The average Bonchev–Trinajstić information content (AvgIpc) is 3.13. The van der Waals surface area contributed by atoms with Crippen LogP contribution in [0.5, 0.6) is 0 Å². The zero-order valence-corrected chi connectivity index (χ0v) is 29.5. The highest BCUT2D eigenvalue weighted by Gasteiger charge is 2.38. The lowest BCUT2D eigenvalue weighted by Crippen LogP contribution is -2.61. The number of aliphatic hydroxyl groups is 2. The number of carbonyl (C=O) groups is 2. The van der Waals surface area contributed by atoms with Gasteiger partial charge in [-0.15, -0.1) is 0 Å². The third-order valence-electron chi connectivity index (χ3n) is 8.85. The van der Waals surface area contributed by atoms with E-state index in [1.54, 1.807) is 0 Å². The zero-order chi connectivity index (χ0) is 35.9. The molecular weight excluding hydrogens is 628 g/mol. The van der Waals surface area contributed by atoms with E-state index in [0.29, 0.717) is 12.8 Å². The van der Waals surface area contributed by atoms with Gasteiger partial charge in [0.2, 0.25) is 0 Å². The van der Waals surface area contributed by atoms with Crippen molar-refractivity contribution in [1.82, 2.24) is 10.6 Å². The number of benzene rings is 4. The SMILES string of the molecule is CC(C)C(N[C@@H](Cc1ccccc1)[C@@H](O)[C@H](O)[C@H](Cc1ccccc1)NC(C(=O)OCc1ccccc1)C(C)C)C(=O)OCc1ccccc1. The van der Waals surface area contributed by atoms with Crippen molar-refractivity contribution >= 4 is 11.9 Å². The Bertz CT molecular complexity index is 1430. The Morgan fingerprint density at radius 3 is 1.06 bits per heavy atom. The summed E-state index contributed by atoms with van der Waals surface area (Å²) in [6.45, 7) is 7.91. The van der Waals surface area contributed by atoms with Crippen LogP contribution < -0.4 is 10.6 Å².